The van der Waals surface area contributed by atoms with Crippen molar-refractivity contribution in [1.82, 2.24) is 4.90 Å². The second-order valence-electron chi connectivity index (χ2n) is 6.02. The van der Waals surface area contributed by atoms with Gasteiger partial charge in [0.2, 0.25) is 5.91 Å². The summed E-state index contributed by atoms with van der Waals surface area (Å²) in [5.41, 5.74) is 2.61. The maximum Gasteiger partial charge on any atom is 0.266 e. The molecule has 0 radical (unpaired) electrons. The number of halogens is 1. The zero-order valence-corrected chi connectivity index (χ0v) is 17.0. The molecule has 0 aromatic heterocycles. The number of carbonyl (C=O) groups is 2. The van der Waals surface area contributed by atoms with Crippen molar-refractivity contribution in [2.24, 2.45) is 0 Å². The lowest BCUT2D eigenvalue weighted by atomic mass is 10.2. The third-order valence-electron chi connectivity index (χ3n) is 3.96. The van der Waals surface area contributed by atoms with E-state index in [1.165, 1.54) is 16.7 Å². The predicted octanol–water partition coefficient (Wildman–Crippen LogP) is 4.88. The second-order valence-corrected chi connectivity index (χ2v) is 8.10. The Morgan fingerprint density at radius 1 is 1.22 bits per heavy atom. The Labute approximate surface area is 172 Å². The van der Waals surface area contributed by atoms with Crippen molar-refractivity contribution in [2.75, 3.05) is 11.9 Å². The van der Waals surface area contributed by atoms with Crippen molar-refractivity contribution < 1.29 is 9.59 Å². The van der Waals surface area contributed by atoms with Crippen molar-refractivity contribution in [3.8, 4) is 0 Å². The molecule has 1 heterocycles. The van der Waals surface area contributed by atoms with Crippen LogP contribution in [0.5, 0.6) is 0 Å². The summed E-state index contributed by atoms with van der Waals surface area (Å²) in [6, 6.07) is 14.8. The molecule has 138 valence electrons. The van der Waals surface area contributed by atoms with Gasteiger partial charge in [0.05, 0.1) is 4.91 Å². The summed E-state index contributed by atoms with van der Waals surface area (Å²) in [7, 11) is 0. The van der Waals surface area contributed by atoms with Gasteiger partial charge in [0, 0.05) is 23.7 Å². The van der Waals surface area contributed by atoms with Gasteiger partial charge in [-0.05, 0) is 36.8 Å². The third-order valence-corrected chi connectivity index (χ3v) is 5.69. The molecule has 1 N–H and O–H groups in total. The number of benzene rings is 2. The highest BCUT2D eigenvalue weighted by molar-refractivity contribution is 8.26. The zero-order valence-electron chi connectivity index (χ0n) is 14.6. The van der Waals surface area contributed by atoms with Crippen molar-refractivity contribution >= 4 is 63.5 Å². The predicted molar refractivity (Wildman–Crippen MR) is 116 cm³/mol. The van der Waals surface area contributed by atoms with Gasteiger partial charge in [-0.2, -0.15) is 0 Å². The van der Waals surface area contributed by atoms with Gasteiger partial charge < -0.3 is 5.32 Å². The number of thioether (sulfide) groups is 1. The minimum Gasteiger partial charge on any atom is -0.326 e. The Morgan fingerprint density at radius 3 is 2.63 bits per heavy atom. The van der Waals surface area contributed by atoms with Crippen molar-refractivity contribution in [3.05, 3.63) is 69.6 Å². The molecule has 0 spiro atoms. The first-order valence-corrected chi connectivity index (χ1v) is 9.91. The van der Waals surface area contributed by atoms with E-state index in [4.69, 9.17) is 23.8 Å². The lowest BCUT2D eigenvalue weighted by molar-refractivity contribution is -0.122. The van der Waals surface area contributed by atoms with E-state index in [9.17, 15) is 9.59 Å². The summed E-state index contributed by atoms with van der Waals surface area (Å²) in [5.74, 6) is -0.365. The first-order valence-electron chi connectivity index (χ1n) is 8.30. The van der Waals surface area contributed by atoms with Gasteiger partial charge in [-0.1, -0.05) is 71.5 Å². The highest BCUT2D eigenvalue weighted by atomic mass is 35.5. The summed E-state index contributed by atoms with van der Waals surface area (Å²) >= 11 is 12.7. The molecule has 0 bridgehead atoms. The molecule has 4 nitrogen and oxygen atoms in total. The lowest BCUT2D eigenvalue weighted by Crippen LogP contribution is -2.31. The number of hydrogen-bond acceptors (Lipinski definition) is 4. The maximum absolute atomic E-state index is 12.6. The fraction of sp³-hybridized carbons (Fsp3) is 0.150. The molecule has 1 aliphatic heterocycles. The normalized spacial score (nSPS) is 15.5. The molecule has 2 aromatic rings. The van der Waals surface area contributed by atoms with Crippen LogP contribution in [0.2, 0.25) is 5.02 Å². The molecule has 0 unspecified atom stereocenters. The zero-order chi connectivity index (χ0) is 19.4. The molecule has 1 fully saturated rings. The number of thiocarbonyl (C=S) groups is 1. The van der Waals surface area contributed by atoms with Gasteiger partial charge in [-0.15, -0.1) is 0 Å². The number of amides is 2. The van der Waals surface area contributed by atoms with E-state index in [-0.39, 0.29) is 24.8 Å². The average molecular weight is 417 g/mol. The summed E-state index contributed by atoms with van der Waals surface area (Å²) in [5, 5.41) is 3.39. The van der Waals surface area contributed by atoms with Crippen LogP contribution in [0.25, 0.3) is 6.08 Å². The summed E-state index contributed by atoms with van der Waals surface area (Å²) in [4.78, 5) is 26.7. The van der Waals surface area contributed by atoms with E-state index < -0.39 is 0 Å². The molecule has 7 heteroatoms. The van der Waals surface area contributed by atoms with E-state index in [1.54, 1.807) is 12.1 Å². The van der Waals surface area contributed by atoms with Gasteiger partial charge in [0.15, 0.2) is 0 Å². The number of carbonyl (C=O) groups excluding carboxylic acids is 2. The SMILES string of the molecule is Cc1ccc(NC(=O)CCN2C(=O)C(=Cc3ccccc3Cl)SC2=S)cc1. The standard InChI is InChI=1S/C20H17ClN2O2S2/c1-13-6-8-15(9-7-13)22-18(24)10-11-23-19(25)17(27-20(23)26)12-14-4-2-3-5-16(14)21/h2-9,12H,10-11H2,1H3,(H,22,24). The van der Waals surface area contributed by atoms with Crippen LogP contribution in [0.3, 0.4) is 0 Å². The van der Waals surface area contributed by atoms with Crippen LogP contribution >= 0.6 is 35.6 Å². The monoisotopic (exact) mass is 416 g/mol. The van der Waals surface area contributed by atoms with E-state index in [0.717, 1.165) is 16.8 Å². The fourth-order valence-corrected chi connectivity index (χ4v) is 3.99. The number of rotatable bonds is 5. The Hall–Kier alpha value is -2.15. The summed E-state index contributed by atoms with van der Waals surface area (Å²) < 4.78 is 0.446. The number of aryl methyl sites for hydroxylation is 1. The van der Waals surface area contributed by atoms with Crippen LogP contribution in [-0.4, -0.2) is 27.6 Å². The first kappa shape index (κ1) is 19.6. The number of nitrogens with one attached hydrogen (secondary N) is 1. The largest absolute Gasteiger partial charge is 0.326 e. The van der Waals surface area contributed by atoms with E-state index >= 15 is 0 Å². The molecule has 3 rings (SSSR count). The molecule has 1 saturated heterocycles. The van der Waals surface area contributed by atoms with Crippen molar-refractivity contribution in [2.45, 2.75) is 13.3 Å². The van der Waals surface area contributed by atoms with Crippen LogP contribution < -0.4 is 5.32 Å². The second kappa shape index (κ2) is 8.69. The van der Waals surface area contributed by atoms with E-state index in [2.05, 4.69) is 5.32 Å². The quantitative estimate of drug-likeness (QED) is 0.557. The van der Waals surface area contributed by atoms with Crippen LogP contribution in [0.15, 0.2) is 53.4 Å². The van der Waals surface area contributed by atoms with E-state index in [1.807, 2.05) is 49.4 Å². The van der Waals surface area contributed by atoms with Gasteiger partial charge in [0.1, 0.15) is 4.32 Å². The minimum atomic E-state index is -0.201. The fourth-order valence-electron chi connectivity index (χ4n) is 2.50. The summed E-state index contributed by atoms with van der Waals surface area (Å²) in [6.45, 7) is 2.22. The molecule has 0 saturated carbocycles. The Balaban J connectivity index is 1.61. The van der Waals surface area contributed by atoms with Gasteiger partial charge in [-0.3, -0.25) is 14.5 Å². The Kier molecular flexibility index (Phi) is 6.31. The maximum atomic E-state index is 12.6. The van der Waals surface area contributed by atoms with Crippen LogP contribution in [0.1, 0.15) is 17.5 Å². The molecule has 0 aliphatic carbocycles. The topological polar surface area (TPSA) is 49.4 Å². The molecule has 27 heavy (non-hydrogen) atoms. The highest BCUT2D eigenvalue weighted by Crippen LogP contribution is 2.33. The van der Waals surface area contributed by atoms with E-state index in [0.29, 0.717) is 14.2 Å². The molecule has 1 aliphatic rings. The van der Waals surface area contributed by atoms with Crippen molar-refractivity contribution in [1.29, 1.82) is 0 Å². The molecule has 0 atom stereocenters. The number of nitrogens with zero attached hydrogens (tertiary/aromatic N) is 1. The number of hydrogen-bond donors (Lipinski definition) is 1. The average Bonchev–Trinajstić information content (AvgIpc) is 2.90. The van der Waals surface area contributed by atoms with Crippen LogP contribution in [-0.2, 0) is 9.59 Å². The molecule has 2 aromatic carbocycles. The van der Waals surface area contributed by atoms with Crippen LogP contribution in [0.4, 0.5) is 5.69 Å². The van der Waals surface area contributed by atoms with Gasteiger partial charge in [0.25, 0.3) is 5.91 Å². The van der Waals surface area contributed by atoms with Crippen LogP contribution in [0, 0.1) is 6.92 Å². The summed E-state index contributed by atoms with van der Waals surface area (Å²) in [6.07, 6.45) is 1.90. The van der Waals surface area contributed by atoms with Gasteiger partial charge >= 0.3 is 0 Å². The first-order chi connectivity index (χ1) is 12.9. The lowest BCUT2D eigenvalue weighted by Gasteiger charge is -2.14. The minimum absolute atomic E-state index is 0.164. The van der Waals surface area contributed by atoms with Gasteiger partial charge in [-0.25, -0.2) is 0 Å². The smallest absolute Gasteiger partial charge is 0.266 e. The molecular formula is C20H17ClN2O2S2. The third kappa shape index (κ3) is 4.97. The molecular weight excluding hydrogens is 400 g/mol. The molecule has 2 amide bonds. The van der Waals surface area contributed by atoms with Crippen molar-refractivity contribution in [3.63, 3.8) is 0 Å². The Morgan fingerprint density at radius 2 is 1.93 bits per heavy atom. The Bertz CT molecular complexity index is 926. The number of anilines is 1. The highest BCUT2D eigenvalue weighted by Gasteiger charge is 2.32.